The predicted molar refractivity (Wildman–Crippen MR) is 68.9 cm³/mol. The molecule has 0 saturated carbocycles. The summed E-state index contributed by atoms with van der Waals surface area (Å²) in [6, 6.07) is 12.2. The third-order valence-electron chi connectivity index (χ3n) is 2.30. The minimum Gasteiger partial charge on any atom is -0.504 e. The van der Waals surface area contributed by atoms with E-state index in [1.54, 1.807) is 18.2 Å². The molecule has 4 heteroatoms. The van der Waals surface area contributed by atoms with Gasteiger partial charge in [-0.05, 0) is 18.2 Å². The molecule has 88 valence electrons. The van der Waals surface area contributed by atoms with Crippen molar-refractivity contribution >= 4 is 15.9 Å². The molecule has 0 aliphatic carbocycles. The standard InChI is InChI=1S/C13H11BrO3/c14-8-9-6-7-11(15)12(16)13(9)17-10-4-2-1-3-5-10/h1-7,15-16H,8H2. The number of ether oxygens (including phenoxy) is 1. The Morgan fingerprint density at radius 3 is 2.35 bits per heavy atom. The second-order valence-electron chi connectivity index (χ2n) is 3.47. The highest BCUT2D eigenvalue weighted by molar-refractivity contribution is 9.08. The number of benzene rings is 2. The molecule has 2 rings (SSSR count). The van der Waals surface area contributed by atoms with Crippen LogP contribution in [0.4, 0.5) is 0 Å². The number of para-hydroxylation sites is 1. The lowest BCUT2D eigenvalue weighted by Crippen LogP contribution is -1.90. The largest absolute Gasteiger partial charge is 0.504 e. The first kappa shape index (κ1) is 11.8. The molecule has 0 amide bonds. The van der Waals surface area contributed by atoms with E-state index in [4.69, 9.17) is 4.74 Å². The summed E-state index contributed by atoms with van der Waals surface area (Å²) in [4.78, 5) is 0. The number of aromatic hydroxyl groups is 2. The fourth-order valence-electron chi connectivity index (χ4n) is 1.43. The summed E-state index contributed by atoms with van der Waals surface area (Å²) in [6.45, 7) is 0. The van der Waals surface area contributed by atoms with E-state index in [9.17, 15) is 10.2 Å². The number of hydrogen-bond donors (Lipinski definition) is 2. The average Bonchev–Trinajstić information content (AvgIpc) is 2.37. The van der Waals surface area contributed by atoms with Gasteiger partial charge in [0.25, 0.3) is 0 Å². The average molecular weight is 295 g/mol. The van der Waals surface area contributed by atoms with Crippen LogP contribution in [0.15, 0.2) is 42.5 Å². The zero-order valence-corrected chi connectivity index (χ0v) is 10.5. The molecule has 0 unspecified atom stereocenters. The summed E-state index contributed by atoms with van der Waals surface area (Å²) in [5, 5.41) is 19.8. The lowest BCUT2D eigenvalue weighted by molar-refractivity contribution is 0.371. The lowest BCUT2D eigenvalue weighted by atomic mass is 10.2. The van der Waals surface area contributed by atoms with Crippen LogP contribution >= 0.6 is 15.9 Å². The van der Waals surface area contributed by atoms with Gasteiger partial charge in [0, 0.05) is 10.9 Å². The summed E-state index contributed by atoms with van der Waals surface area (Å²) >= 11 is 3.31. The monoisotopic (exact) mass is 294 g/mol. The van der Waals surface area contributed by atoms with Crippen molar-refractivity contribution in [3.8, 4) is 23.0 Å². The Balaban J connectivity index is 2.41. The minimum atomic E-state index is -0.245. The first-order valence-electron chi connectivity index (χ1n) is 5.05. The van der Waals surface area contributed by atoms with Crippen LogP contribution in [0.1, 0.15) is 5.56 Å². The minimum absolute atomic E-state index is 0.194. The molecule has 0 aromatic heterocycles. The molecular formula is C13H11BrO3. The van der Waals surface area contributed by atoms with Crippen molar-refractivity contribution in [2.24, 2.45) is 0 Å². The summed E-state index contributed by atoms with van der Waals surface area (Å²) in [6.07, 6.45) is 0. The highest BCUT2D eigenvalue weighted by Gasteiger charge is 2.13. The smallest absolute Gasteiger partial charge is 0.201 e. The Morgan fingerprint density at radius 1 is 1.00 bits per heavy atom. The molecule has 0 radical (unpaired) electrons. The number of alkyl halides is 1. The Hall–Kier alpha value is -1.68. The van der Waals surface area contributed by atoms with Crippen molar-refractivity contribution in [1.82, 2.24) is 0 Å². The molecule has 2 aromatic rings. The van der Waals surface area contributed by atoms with Crippen molar-refractivity contribution in [2.75, 3.05) is 0 Å². The zero-order chi connectivity index (χ0) is 12.3. The third kappa shape index (κ3) is 2.53. The quantitative estimate of drug-likeness (QED) is 0.669. The van der Waals surface area contributed by atoms with E-state index < -0.39 is 0 Å². The van der Waals surface area contributed by atoms with Gasteiger partial charge in [0.1, 0.15) is 5.75 Å². The highest BCUT2D eigenvalue weighted by Crippen LogP contribution is 2.41. The second kappa shape index (κ2) is 5.10. The van der Waals surface area contributed by atoms with Gasteiger partial charge in [0.05, 0.1) is 0 Å². The van der Waals surface area contributed by atoms with Crippen LogP contribution in [0.5, 0.6) is 23.0 Å². The lowest BCUT2D eigenvalue weighted by Gasteiger charge is -2.12. The molecular weight excluding hydrogens is 284 g/mol. The molecule has 2 aromatic carbocycles. The van der Waals surface area contributed by atoms with Crippen LogP contribution < -0.4 is 4.74 Å². The maximum atomic E-state index is 9.77. The molecule has 0 atom stereocenters. The fraction of sp³-hybridized carbons (Fsp3) is 0.0769. The maximum Gasteiger partial charge on any atom is 0.201 e. The number of phenolic OH excluding ortho intramolecular Hbond substituents is 2. The van der Waals surface area contributed by atoms with Crippen LogP contribution in [0.2, 0.25) is 0 Å². The summed E-state index contributed by atoms with van der Waals surface area (Å²) in [5.41, 5.74) is 0.768. The van der Waals surface area contributed by atoms with E-state index in [2.05, 4.69) is 15.9 Å². The summed E-state index contributed by atoms with van der Waals surface area (Å²) < 4.78 is 5.57. The van der Waals surface area contributed by atoms with Gasteiger partial charge in [-0.15, -0.1) is 0 Å². The summed E-state index contributed by atoms with van der Waals surface area (Å²) in [7, 11) is 0. The Morgan fingerprint density at radius 2 is 1.71 bits per heavy atom. The molecule has 2 N–H and O–H groups in total. The third-order valence-corrected chi connectivity index (χ3v) is 2.90. The van der Waals surface area contributed by atoms with Crippen LogP contribution in [0.3, 0.4) is 0 Å². The fourth-order valence-corrected chi connectivity index (χ4v) is 1.87. The molecule has 0 bridgehead atoms. The molecule has 0 aliphatic rings. The molecule has 3 nitrogen and oxygen atoms in total. The Kier molecular flexibility index (Phi) is 3.54. The van der Waals surface area contributed by atoms with Gasteiger partial charge in [-0.2, -0.15) is 0 Å². The zero-order valence-electron chi connectivity index (χ0n) is 8.93. The Bertz CT molecular complexity index is 512. The van der Waals surface area contributed by atoms with Crippen LogP contribution in [-0.2, 0) is 5.33 Å². The van der Waals surface area contributed by atoms with E-state index in [1.807, 2.05) is 18.2 Å². The van der Waals surface area contributed by atoms with E-state index in [0.29, 0.717) is 11.1 Å². The van der Waals surface area contributed by atoms with Gasteiger partial charge in [-0.25, -0.2) is 0 Å². The van der Waals surface area contributed by atoms with Crippen LogP contribution in [0, 0.1) is 0 Å². The SMILES string of the molecule is Oc1ccc(CBr)c(Oc2ccccc2)c1O. The normalized spacial score (nSPS) is 10.2. The number of rotatable bonds is 3. The second-order valence-corrected chi connectivity index (χ2v) is 4.03. The molecule has 0 spiro atoms. The molecule has 0 heterocycles. The van der Waals surface area contributed by atoms with E-state index in [-0.39, 0.29) is 17.2 Å². The van der Waals surface area contributed by atoms with Crippen molar-refractivity contribution in [1.29, 1.82) is 0 Å². The Labute approximate surface area is 107 Å². The number of hydrogen-bond acceptors (Lipinski definition) is 3. The first-order valence-corrected chi connectivity index (χ1v) is 6.17. The van der Waals surface area contributed by atoms with Crippen molar-refractivity contribution in [3.63, 3.8) is 0 Å². The molecule has 0 saturated heterocycles. The van der Waals surface area contributed by atoms with Gasteiger partial charge in [-0.3, -0.25) is 0 Å². The maximum absolute atomic E-state index is 9.77. The van der Waals surface area contributed by atoms with E-state index in [0.717, 1.165) is 5.56 Å². The number of phenols is 2. The van der Waals surface area contributed by atoms with Crippen LogP contribution in [0.25, 0.3) is 0 Å². The number of halogens is 1. The van der Waals surface area contributed by atoms with Crippen molar-refractivity contribution < 1.29 is 14.9 Å². The van der Waals surface area contributed by atoms with Gasteiger partial charge in [0.2, 0.25) is 5.75 Å². The van der Waals surface area contributed by atoms with E-state index in [1.165, 1.54) is 6.07 Å². The van der Waals surface area contributed by atoms with Crippen LogP contribution in [-0.4, -0.2) is 10.2 Å². The summed E-state index contributed by atoms with van der Waals surface area (Å²) in [5.74, 6) is 0.440. The van der Waals surface area contributed by atoms with Crippen molar-refractivity contribution in [2.45, 2.75) is 5.33 Å². The highest BCUT2D eigenvalue weighted by atomic mass is 79.9. The molecule has 0 fully saturated rings. The van der Waals surface area contributed by atoms with Gasteiger partial charge in [-0.1, -0.05) is 40.2 Å². The first-order chi connectivity index (χ1) is 8.22. The van der Waals surface area contributed by atoms with Gasteiger partial charge < -0.3 is 14.9 Å². The predicted octanol–water partition coefficient (Wildman–Crippen LogP) is 3.79. The van der Waals surface area contributed by atoms with E-state index >= 15 is 0 Å². The van der Waals surface area contributed by atoms with Gasteiger partial charge >= 0.3 is 0 Å². The molecule has 0 aliphatic heterocycles. The molecule has 17 heavy (non-hydrogen) atoms. The topological polar surface area (TPSA) is 49.7 Å². The van der Waals surface area contributed by atoms with Gasteiger partial charge in [0.15, 0.2) is 11.5 Å². The van der Waals surface area contributed by atoms with Crippen molar-refractivity contribution in [3.05, 3.63) is 48.0 Å².